The minimum Gasteiger partial charge on any atom is -0.388 e. The highest BCUT2D eigenvalue weighted by atomic mass is 16.3. The van der Waals surface area contributed by atoms with Gasteiger partial charge < -0.3 is 19.9 Å². The van der Waals surface area contributed by atoms with Crippen molar-refractivity contribution in [2.45, 2.75) is 19.1 Å². The number of nitrogens with zero attached hydrogens (tertiary/aromatic N) is 2. The van der Waals surface area contributed by atoms with E-state index in [1.807, 2.05) is 45.2 Å². The van der Waals surface area contributed by atoms with Crippen LogP contribution in [-0.2, 0) is 13.6 Å². The van der Waals surface area contributed by atoms with Crippen LogP contribution in [0.15, 0.2) is 18.3 Å². The maximum atomic E-state index is 10.1. The first-order chi connectivity index (χ1) is 7.41. The summed E-state index contributed by atoms with van der Waals surface area (Å²) in [5.41, 5.74) is 0.537. The molecule has 0 saturated heterocycles. The van der Waals surface area contributed by atoms with Gasteiger partial charge in [-0.3, -0.25) is 0 Å². The lowest BCUT2D eigenvalue weighted by Crippen LogP contribution is -2.45. The van der Waals surface area contributed by atoms with Gasteiger partial charge in [0, 0.05) is 38.6 Å². The second-order valence-electron chi connectivity index (χ2n) is 4.95. The first-order valence-electron chi connectivity index (χ1n) is 5.59. The predicted octanol–water partition coefficient (Wildman–Crippen LogP) is 0.427. The number of aliphatic hydroxyl groups is 1. The van der Waals surface area contributed by atoms with Crippen molar-refractivity contribution < 1.29 is 5.11 Å². The first-order valence-corrected chi connectivity index (χ1v) is 5.59. The summed E-state index contributed by atoms with van der Waals surface area (Å²) in [5.74, 6) is 0. The van der Waals surface area contributed by atoms with E-state index >= 15 is 0 Å². The molecule has 0 fully saturated rings. The number of hydrogen-bond acceptors (Lipinski definition) is 3. The van der Waals surface area contributed by atoms with E-state index in [0.29, 0.717) is 13.1 Å². The van der Waals surface area contributed by atoms with Gasteiger partial charge >= 0.3 is 0 Å². The fraction of sp³-hybridized carbons (Fsp3) is 0.667. The fourth-order valence-electron chi connectivity index (χ4n) is 1.88. The maximum absolute atomic E-state index is 10.1. The van der Waals surface area contributed by atoms with Crippen LogP contribution < -0.4 is 5.32 Å². The summed E-state index contributed by atoms with van der Waals surface area (Å²) in [4.78, 5) is 1.99. The highest BCUT2D eigenvalue weighted by Gasteiger charge is 2.20. The third-order valence-electron chi connectivity index (χ3n) is 2.52. The molecule has 0 amide bonds. The van der Waals surface area contributed by atoms with Crippen LogP contribution in [0.1, 0.15) is 12.6 Å². The van der Waals surface area contributed by atoms with Gasteiger partial charge in [-0.15, -0.1) is 0 Å². The Kier molecular flexibility index (Phi) is 4.53. The number of aryl methyl sites for hydroxylation is 1. The second-order valence-corrected chi connectivity index (χ2v) is 4.95. The van der Waals surface area contributed by atoms with Crippen molar-refractivity contribution in [3.63, 3.8) is 0 Å². The van der Waals surface area contributed by atoms with E-state index in [0.717, 1.165) is 6.54 Å². The van der Waals surface area contributed by atoms with E-state index in [9.17, 15) is 5.11 Å². The Bertz CT molecular complexity index is 318. The van der Waals surface area contributed by atoms with Crippen molar-refractivity contribution >= 4 is 0 Å². The van der Waals surface area contributed by atoms with Gasteiger partial charge in [-0.1, -0.05) is 0 Å². The molecule has 1 rings (SSSR count). The molecule has 92 valence electrons. The zero-order valence-electron chi connectivity index (χ0n) is 10.7. The fourth-order valence-corrected chi connectivity index (χ4v) is 1.88. The zero-order chi connectivity index (χ0) is 12.2. The molecular weight excluding hydrogens is 202 g/mol. The minimum atomic E-state index is -0.686. The smallest absolute Gasteiger partial charge is 0.0869 e. The van der Waals surface area contributed by atoms with Gasteiger partial charge in [0.2, 0.25) is 0 Å². The molecule has 0 spiro atoms. The van der Waals surface area contributed by atoms with Crippen molar-refractivity contribution in [2.75, 3.05) is 27.2 Å². The van der Waals surface area contributed by atoms with Crippen molar-refractivity contribution in [2.24, 2.45) is 7.05 Å². The van der Waals surface area contributed by atoms with E-state index in [4.69, 9.17) is 0 Å². The molecule has 1 aromatic rings. The van der Waals surface area contributed by atoms with Gasteiger partial charge in [-0.25, -0.2) is 0 Å². The molecule has 0 saturated carbocycles. The van der Waals surface area contributed by atoms with Gasteiger partial charge in [0.15, 0.2) is 0 Å². The SMILES string of the molecule is CN(C)CC(C)(O)CNCc1cccn1C. The molecule has 4 nitrogen and oxygen atoms in total. The molecule has 1 unspecified atom stereocenters. The Morgan fingerprint density at radius 3 is 2.69 bits per heavy atom. The third-order valence-corrected chi connectivity index (χ3v) is 2.52. The molecule has 0 aliphatic heterocycles. The maximum Gasteiger partial charge on any atom is 0.0869 e. The van der Waals surface area contributed by atoms with Crippen molar-refractivity contribution in [3.05, 3.63) is 24.0 Å². The van der Waals surface area contributed by atoms with E-state index in [2.05, 4.69) is 16.0 Å². The first kappa shape index (κ1) is 13.2. The average molecular weight is 225 g/mol. The van der Waals surface area contributed by atoms with Crippen molar-refractivity contribution in [1.82, 2.24) is 14.8 Å². The summed E-state index contributed by atoms with van der Waals surface area (Å²) in [6.07, 6.45) is 2.02. The molecule has 0 aromatic carbocycles. The lowest BCUT2D eigenvalue weighted by molar-refractivity contribution is 0.0335. The Morgan fingerprint density at radius 2 is 2.19 bits per heavy atom. The number of hydrogen-bond donors (Lipinski definition) is 2. The van der Waals surface area contributed by atoms with Crippen molar-refractivity contribution in [1.29, 1.82) is 0 Å². The van der Waals surface area contributed by atoms with Gasteiger partial charge in [0.1, 0.15) is 0 Å². The molecule has 16 heavy (non-hydrogen) atoms. The topological polar surface area (TPSA) is 40.4 Å². The highest BCUT2D eigenvalue weighted by molar-refractivity contribution is 5.06. The summed E-state index contributed by atoms with van der Waals surface area (Å²) in [6.45, 7) is 3.89. The van der Waals surface area contributed by atoms with Crippen LogP contribution in [0.4, 0.5) is 0 Å². The van der Waals surface area contributed by atoms with E-state index in [1.165, 1.54) is 5.69 Å². The molecule has 4 heteroatoms. The van der Waals surface area contributed by atoms with E-state index in [-0.39, 0.29) is 0 Å². The molecule has 1 aromatic heterocycles. The van der Waals surface area contributed by atoms with Gasteiger partial charge in [-0.2, -0.15) is 0 Å². The Morgan fingerprint density at radius 1 is 1.50 bits per heavy atom. The summed E-state index contributed by atoms with van der Waals surface area (Å²) >= 11 is 0. The zero-order valence-corrected chi connectivity index (χ0v) is 10.7. The number of nitrogens with one attached hydrogen (secondary N) is 1. The minimum absolute atomic E-state index is 0.594. The van der Waals surface area contributed by atoms with Crippen molar-refractivity contribution in [3.8, 4) is 0 Å². The van der Waals surface area contributed by atoms with Crippen LogP contribution in [0.3, 0.4) is 0 Å². The lowest BCUT2D eigenvalue weighted by Gasteiger charge is -2.27. The summed E-state index contributed by atoms with van der Waals surface area (Å²) in [6, 6.07) is 4.10. The molecule has 0 aliphatic carbocycles. The van der Waals surface area contributed by atoms with Crippen LogP contribution in [-0.4, -0.2) is 47.4 Å². The Labute approximate surface area is 97.9 Å². The highest BCUT2D eigenvalue weighted by Crippen LogP contribution is 2.04. The standard InChI is InChI=1S/C12H23N3O/c1-12(16,10-14(2)3)9-13-8-11-6-5-7-15(11)4/h5-7,13,16H,8-10H2,1-4H3. The molecule has 2 N–H and O–H groups in total. The Hall–Kier alpha value is -0.840. The van der Waals surface area contributed by atoms with E-state index in [1.54, 1.807) is 0 Å². The van der Waals surface area contributed by atoms with Crippen LogP contribution in [0, 0.1) is 0 Å². The monoisotopic (exact) mass is 225 g/mol. The number of aromatic nitrogens is 1. The molecule has 0 aliphatic rings. The normalized spacial score (nSPS) is 15.4. The quantitative estimate of drug-likeness (QED) is 0.737. The van der Waals surface area contributed by atoms with Crippen LogP contribution in [0.2, 0.25) is 0 Å². The molecule has 0 bridgehead atoms. The summed E-state index contributed by atoms with van der Waals surface area (Å²) in [5, 5.41) is 13.3. The predicted molar refractivity (Wildman–Crippen MR) is 66.3 cm³/mol. The number of likely N-dealkylation sites (N-methyl/N-ethyl adjacent to an activating group) is 1. The van der Waals surface area contributed by atoms with Gasteiger partial charge in [-0.05, 0) is 33.2 Å². The molecule has 1 atom stereocenters. The van der Waals surface area contributed by atoms with Gasteiger partial charge in [0.25, 0.3) is 0 Å². The molecule has 1 heterocycles. The summed E-state index contributed by atoms with van der Waals surface area (Å²) in [7, 11) is 5.95. The molecular formula is C12H23N3O. The van der Waals surface area contributed by atoms with E-state index < -0.39 is 5.60 Å². The van der Waals surface area contributed by atoms with Crippen LogP contribution in [0.25, 0.3) is 0 Å². The number of rotatable bonds is 6. The lowest BCUT2D eigenvalue weighted by atomic mass is 10.1. The van der Waals surface area contributed by atoms with Gasteiger partial charge in [0.05, 0.1) is 5.60 Å². The molecule has 0 radical (unpaired) electrons. The Balaban J connectivity index is 2.32. The van der Waals surface area contributed by atoms with Crippen LogP contribution >= 0.6 is 0 Å². The average Bonchev–Trinajstić information content (AvgIpc) is 2.49. The van der Waals surface area contributed by atoms with Crippen LogP contribution in [0.5, 0.6) is 0 Å². The largest absolute Gasteiger partial charge is 0.388 e. The second kappa shape index (κ2) is 5.48. The third kappa shape index (κ3) is 4.35. The summed E-state index contributed by atoms with van der Waals surface area (Å²) < 4.78 is 2.08.